The molecule has 0 radical (unpaired) electrons. The molecule has 2 heterocycles. The molecule has 2 aliphatic heterocycles. The number of halogens is 1. The summed E-state index contributed by atoms with van der Waals surface area (Å²) in [5.41, 5.74) is 2.80. The first kappa shape index (κ1) is 19.9. The Balaban J connectivity index is 0.00000210. The van der Waals surface area contributed by atoms with Gasteiger partial charge in [0.25, 0.3) is 0 Å². The highest BCUT2D eigenvalue weighted by Gasteiger charge is 2.38. The highest BCUT2D eigenvalue weighted by Crippen LogP contribution is 2.42. The Bertz CT molecular complexity index is 697. The number of carbonyl (C=O) groups is 1. The number of benzene rings is 2. The summed E-state index contributed by atoms with van der Waals surface area (Å²) in [7, 11) is 0. The molecule has 0 spiro atoms. The van der Waals surface area contributed by atoms with Gasteiger partial charge >= 0.3 is 5.97 Å². The van der Waals surface area contributed by atoms with Crippen molar-refractivity contribution in [2.45, 2.75) is 37.6 Å². The monoisotopic (exact) mass is 385 g/mol. The van der Waals surface area contributed by atoms with Crippen molar-refractivity contribution >= 4 is 18.4 Å². The Morgan fingerprint density at radius 2 is 1.52 bits per heavy atom. The van der Waals surface area contributed by atoms with Gasteiger partial charge in [0.05, 0.1) is 5.92 Å². The molecule has 2 saturated heterocycles. The summed E-state index contributed by atoms with van der Waals surface area (Å²) in [6.07, 6.45) is 4.15. The lowest BCUT2D eigenvalue weighted by Gasteiger charge is -2.46. The van der Waals surface area contributed by atoms with E-state index >= 15 is 0 Å². The molecular weight excluding hydrogens is 358 g/mol. The van der Waals surface area contributed by atoms with Crippen molar-refractivity contribution in [2.75, 3.05) is 13.1 Å². The maximum atomic E-state index is 11.3. The Hall–Kier alpha value is -1.84. The van der Waals surface area contributed by atoms with Crippen LogP contribution in [0.5, 0.6) is 0 Å². The first-order chi connectivity index (χ1) is 12.7. The molecule has 27 heavy (non-hydrogen) atoms. The van der Waals surface area contributed by atoms with E-state index in [9.17, 15) is 9.90 Å². The molecular formula is C23H28ClNO2. The predicted molar refractivity (Wildman–Crippen MR) is 110 cm³/mol. The average Bonchev–Trinajstić information content (AvgIpc) is 2.69. The van der Waals surface area contributed by atoms with Crippen LogP contribution >= 0.6 is 12.4 Å². The van der Waals surface area contributed by atoms with E-state index in [0.717, 1.165) is 32.4 Å². The smallest absolute Gasteiger partial charge is 0.307 e. The van der Waals surface area contributed by atoms with Crippen molar-refractivity contribution in [3.8, 4) is 0 Å². The molecule has 1 N–H and O–H groups in total. The molecule has 2 aliphatic rings. The van der Waals surface area contributed by atoms with Crippen molar-refractivity contribution in [1.82, 2.24) is 4.90 Å². The van der Waals surface area contributed by atoms with Gasteiger partial charge in [0.1, 0.15) is 0 Å². The minimum Gasteiger partial charge on any atom is -0.481 e. The molecule has 3 atom stereocenters. The molecule has 4 rings (SSSR count). The molecule has 2 aromatic rings. The fourth-order valence-corrected chi connectivity index (χ4v) is 5.00. The van der Waals surface area contributed by atoms with Crippen LogP contribution in [-0.4, -0.2) is 35.1 Å². The number of nitrogens with zero attached hydrogens (tertiary/aromatic N) is 1. The maximum Gasteiger partial charge on any atom is 0.307 e. The molecule has 0 bridgehead atoms. The number of carboxylic acid groups (broad SMARTS) is 1. The lowest BCUT2D eigenvalue weighted by molar-refractivity contribution is -0.144. The van der Waals surface area contributed by atoms with E-state index in [0.29, 0.717) is 17.9 Å². The third-order valence-corrected chi connectivity index (χ3v) is 6.32. The number of fused-ring (bicyclic) bond motifs is 1. The molecule has 2 aromatic carbocycles. The molecule has 3 nitrogen and oxygen atoms in total. The molecule has 144 valence electrons. The van der Waals surface area contributed by atoms with Gasteiger partial charge in [0.15, 0.2) is 0 Å². The van der Waals surface area contributed by atoms with Crippen molar-refractivity contribution in [3.05, 3.63) is 71.8 Å². The van der Waals surface area contributed by atoms with Crippen LogP contribution in [0.15, 0.2) is 60.7 Å². The lowest BCUT2D eigenvalue weighted by Crippen LogP contribution is -2.50. The Kier molecular flexibility index (Phi) is 6.56. The minimum absolute atomic E-state index is 0. The largest absolute Gasteiger partial charge is 0.481 e. The molecule has 0 saturated carbocycles. The average molecular weight is 386 g/mol. The predicted octanol–water partition coefficient (Wildman–Crippen LogP) is 4.82. The number of rotatable bonds is 4. The van der Waals surface area contributed by atoms with Gasteiger partial charge < -0.3 is 5.11 Å². The van der Waals surface area contributed by atoms with Crippen molar-refractivity contribution in [3.63, 3.8) is 0 Å². The van der Waals surface area contributed by atoms with Crippen molar-refractivity contribution in [1.29, 1.82) is 0 Å². The standard InChI is InChI=1S/C23H27NO2.ClH/c25-23(26)20-11-12-21-15-19(13-14-24(21)16-20)22(17-7-3-1-4-8-17)18-9-5-2-6-10-18;/h1-10,19-22H,11-16H2,(H,25,26);1H/t19-,20-,21?;/m1./s1. The van der Waals surface area contributed by atoms with Crippen LogP contribution in [-0.2, 0) is 4.79 Å². The van der Waals surface area contributed by atoms with Gasteiger partial charge in [-0.1, -0.05) is 60.7 Å². The van der Waals surface area contributed by atoms with Gasteiger partial charge in [-0.15, -0.1) is 12.4 Å². The topological polar surface area (TPSA) is 40.5 Å². The van der Waals surface area contributed by atoms with Crippen LogP contribution in [0.1, 0.15) is 42.7 Å². The van der Waals surface area contributed by atoms with E-state index in [2.05, 4.69) is 65.6 Å². The molecule has 0 amide bonds. The van der Waals surface area contributed by atoms with Crippen molar-refractivity contribution in [2.24, 2.45) is 11.8 Å². The second-order valence-electron chi connectivity index (χ2n) is 7.84. The minimum atomic E-state index is -0.628. The van der Waals surface area contributed by atoms with E-state index in [4.69, 9.17) is 0 Å². The first-order valence-electron chi connectivity index (χ1n) is 9.79. The van der Waals surface area contributed by atoms with Crippen LogP contribution in [0.4, 0.5) is 0 Å². The second kappa shape index (κ2) is 8.90. The van der Waals surface area contributed by atoms with E-state index in [1.165, 1.54) is 17.5 Å². The number of hydrogen-bond acceptors (Lipinski definition) is 2. The summed E-state index contributed by atoms with van der Waals surface area (Å²) in [5, 5.41) is 9.34. The Morgan fingerprint density at radius 3 is 2.07 bits per heavy atom. The number of carboxylic acids is 1. The van der Waals surface area contributed by atoms with Gasteiger partial charge in [0, 0.05) is 18.5 Å². The van der Waals surface area contributed by atoms with E-state index in [-0.39, 0.29) is 18.3 Å². The normalized spacial score (nSPS) is 25.4. The summed E-state index contributed by atoms with van der Waals surface area (Å²) < 4.78 is 0. The van der Waals surface area contributed by atoms with Gasteiger partial charge in [-0.25, -0.2) is 0 Å². The number of piperidine rings is 2. The zero-order chi connectivity index (χ0) is 17.9. The van der Waals surface area contributed by atoms with E-state index in [1.54, 1.807) is 0 Å². The zero-order valence-corrected chi connectivity index (χ0v) is 16.4. The van der Waals surface area contributed by atoms with Crippen molar-refractivity contribution < 1.29 is 9.90 Å². The number of hydrogen-bond donors (Lipinski definition) is 1. The second-order valence-corrected chi connectivity index (χ2v) is 7.84. The van der Waals surface area contributed by atoms with Crippen LogP contribution in [0, 0.1) is 11.8 Å². The fourth-order valence-electron chi connectivity index (χ4n) is 5.00. The highest BCUT2D eigenvalue weighted by atomic mass is 35.5. The highest BCUT2D eigenvalue weighted by molar-refractivity contribution is 5.85. The van der Waals surface area contributed by atoms with Gasteiger partial charge in [-0.3, -0.25) is 9.69 Å². The first-order valence-corrected chi connectivity index (χ1v) is 9.79. The van der Waals surface area contributed by atoms with Crippen LogP contribution < -0.4 is 0 Å². The molecule has 4 heteroatoms. The van der Waals surface area contributed by atoms with Crippen LogP contribution in [0.2, 0.25) is 0 Å². The van der Waals surface area contributed by atoms with Gasteiger partial charge in [0.2, 0.25) is 0 Å². The SMILES string of the molecule is Cl.O=C(O)[C@@H]1CCC2C[C@H](C(c3ccccc3)c3ccccc3)CCN2C1. The quantitative estimate of drug-likeness (QED) is 0.820. The summed E-state index contributed by atoms with van der Waals surface area (Å²) in [5.74, 6) is 0.234. The Labute approximate surface area is 167 Å². The van der Waals surface area contributed by atoms with Crippen LogP contribution in [0.25, 0.3) is 0 Å². The fraction of sp³-hybridized carbons (Fsp3) is 0.435. The summed E-state index contributed by atoms with van der Waals surface area (Å²) in [6.45, 7) is 1.75. The lowest BCUT2D eigenvalue weighted by atomic mass is 9.72. The van der Waals surface area contributed by atoms with Crippen LogP contribution in [0.3, 0.4) is 0 Å². The van der Waals surface area contributed by atoms with Gasteiger partial charge in [-0.05, 0) is 49.3 Å². The third kappa shape index (κ3) is 4.36. The number of aliphatic carboxylic acids is 1. The molecule has 0 aromatic heterocycles. The Morgan fingerprint density at radius 1 is 0.926 bits per heavy atom. The third-order valence-electron chi connectivity index (χ3n) is 6.32. The summed E-state index contributed by atoms with van der Waals surface area (Å²) in [4.78, 5) is 13.8. The zero-order valence-electron chi connectivity index (χ0n) is 15.5. The van der Waals surface area contributed by atoms with Gasteiger partial charge in [-0.2, -0.15) is 0 Å². The molecule has 1 unspecified atom stereocenters. The summed E-state index contributed by atoms with van der Waals surface area (Å²) in [6, 6.07) is 22.3. The van der Waals surface area contributed by atoms with E-state index in [1.807, 2.05) is 0 Å². The van der Waals surface area contributed by atoms with E-state index < -0.39 is 5.97 Å². The molecule has 2 fully saturated rings. The maximum absolute atomic E-state index is 11.3. The summed E-state index contributed by atoms with van der Waals surface area (Å²) >= 11 is 0. The molecule has 0 aliphatic carbocycles.